The number of nitrogens with one attached hydrogen (secondary N) is 1. The summed E-state index contributed by atoms with van der Waals surface area (Å²) in [5, 5.41) is 7.54. The zero-order valence-corrected chi connectivity index (χ0v) is 18.5. The highest BCUT2D eigenvalue weighted by atomic mass is 16.5. The smallest absolute Gasteiger partial charge is 0.272 e. The monoisotopic (exact) mass is 436 g/mol. The van der Waals surface area contributed by atoms with Gasteiger partial charge in [0.15, 0.2) is 11.5 Å². The van der Waals surface area contributed by atoms with Gasteiger partial charge < -0.3 is 19.3 Å². The molecule has 1 aromatic carbocycles. The molecule has 1 aliphatic carbocycles. The molecule has 4 aliphatic rings. The predicted octanol–water partition coefficient (Wildman–Crippen LogP) is 2.47. The van der Waals surface area contributed by atoms with E-state index in [1.807, 2.05) is 17.0 Å². The topological polar surface area (TPSA) is 87.8 Å². The molecule has 32 heavy (non-hydrogen) atoms. The van der Waals surface area contributed by atoms with Gasteiger partial charge in [-0.3, -0.25) is 14.7 Å². The van der Waals surface area contributed by atoms with Crippen molar-refractivity contribution in [1.29, 1.82) is 0 Å². The molecule has 168 valence electrons. The van der Waals surface area contributed by atoms with E-state index < -0.39 is 0 Å². The summed E-state index contributed by atoms with van der Waals surface area (Å²) in [5.41, 5.74) is 4.44. The molecule has 8 nitrogen and oxygen atoms in total. The molecule has 3 saturated heterocycles. The van der Waals surface area contributed by atoms with Crippen molar-refractivity contribution in [3.63, 3.8) is 0 Å². The molecule has 0 unspecified atom stereocenters. The third kappa shape index (κ3) is 2.84. The van der Waals surface area contributed by atoms with Crippen LogP contribution in [0.3, 0.4) is 0 Å². The minimum atomic E-state index is 0.0239. The molecule has 6 rings (SSSR count). The van der Waals surface area contributed by atoms with Crippen LogP contribution in [0.15, 0.2) is 12.1 Å². The molecule has 1 N–H and O–H groups in total. The number of H-pyrrole nitrogens is 1. The van der Waals surface area contributed by atoms with Gasteiger partial charge in [-0.05, 0) is 48.8 Å². The van der Waals surface area contributed by atoms with Crippen LogP contribution in [0.4, 0.5) is 0 Å². The summed E-state index contributed by atoms with van der Waals surface area (Å²) in [6, 6.07) is 4.21. The molecule has 2 aromatic rings. The Labute approximate surface area is 186 Å². The van der Waals surface area contributed by atoms with E-state index in [2.05, 4.69) is 15.1 Å². The number of benzene rings is 1. The lowest BCUT2D eigenvalue weighted by Gasteiger charge is -2.52. The van der Waals surface area contributed by atoms with Crippen LogP contribution < -0.4 is 9.47 Å². The zero-order chi connectivity index (χ0) is 22.0. The molecular formula is C24H28N4O4. The Kier molecular flexibility index (Phi) is 4.45. The fourth-order valence-corrected chi connectivity index (χ4v) is 6.35. The fraction of sp³-hybridized carbons (Fsp3) is 0.542. The molecule has 0 saturated carbocycles. The Hall–Kier alpha value is -3.03. The van der Waals surface area contributed by atoms with Gasteiger partial charge in [-0.15, -0.1) is 0 Å². The van der Waals surface area contributed by atoms with Crippen molar-refractivity contribution in [2.24, 2.45) is 11.8 Å². The number of rotatable bonds is 3. The zero-order valence-electron chi connectivity index (χ0n) is 18.5. The van der Waals surface area contributed by atoms with Gasteiger partial charge in [0.25, 0.3) is 5.91 Å². The largest absolute Gasteiger partial charge is 0.493 e. The highest BCUT2D eigenvalue weighted by Crippen LogP contribution is 2.43. The number of carbonyl (C=O) groups is 2. The van der Waals surface area contributed by atoms with Gasteiger partial charge in [-0.25, -0.2) is 0 Å². The Balaban J connectivity index is 1.26. The molecule has 3 fully saturated rings. The van der Waals surface area contributed by atoms with Crippen molar-refractivity contribution in [2.45, 2.75) is 38.1 Å². The van der Waals surface area contributed by atoms with Crippen LogP contribution in [-0.2, 0) is 11.2 Å². The second kappa shape index (κ2) is 7.25. The number of ether oxygens (including phenoxy) is 2. The van der Waals surface area contributed by atoms with E-state index in [-0.39, 0.29) is 5.91 Å². The summed E-state index contributed by atoms with van der Waals surface area (Å²) < 4.78 is 10.9. The van der Waals surface area contributed by atoms with Crippen LogP contribution in [-0.4, -0.2) is 71.7 Å². The lowest BCUT2D eigenvalue weighted by molar-refractivity contribution is -0.144. The summed E-state index contributed by atoms with van der Waals surface area (Å²) in [6.07, 6.45) is 4.46. The van der Waals surface area contributed by atoms with Crippen LogP contribution in [0, 0.1) is 11.8 Å². The molecule has 0 spiro atoms. The minimum Gasteiger partial charge on any atom is -0.493 e. The SMILES string of the molecule is COc1cc2c(cc1OC)-c1n[nH]c(C(=O)N3C[C@H]4C[C@@H](C3)[C@H]3CCCC(=O)N3C4)c1C2. The number of likely N-dealkylation sites (tertiary alicyclic amines) is 1. The lowest BCUT2D eigenvalue weighted by atomic mass is 9.76. The van der Waals surface area contributed by atoms with Gasteiger partial charge in [-0.2, -0.15) is 5.10 Å². The van der Waals surface area contributed by atoms with Crippen LogP contribution >= 0.6 is 0 Å². The van der Waals surface area contributed by atoms with Gasteiger partial charge in [0.2, 0.25) is 5.91 Å². The Morgan fingerprint density at radius 3 is 2.78 bits per heavy atom. The van der Waals surface area contributed by atoms with E-state index in [0.717, 1.165) is 48.2 Å². The van der Waals surface area contributed by atoms with Gasteiger partial charge in [-0.1, -0.05) is 0 Å². The quantitative estimate of drug-likeness (QED) is 0.682. The van der Waals surface area contributed by atoms with E-state index >= 15 is 0 Å². The molecule has 3 atom stereocenters. The Bertz CT molecular complexity index is 1110. The maximum absolute atomic E-state index is 13.6. The molecule has 1 aromatic heterocycles. The second-order valence-corrected chi connectivity index (χ2v) is 9.54. The number of piperidine rings is 3. The summed E-state index contributed by atoms with van der Waals surface area (Å²) in [7, 11) is 3.25. The van der Waals surface area contributed by atoms with Gasteiger partial charge >= 0.3 is 0 Å². The fourth-order valence-electron chi connectivity index (χ4n) is 6.35. The molecule has 2 amide bonds. The second-order valence-electron chi connectivity index (χ2n) is 9.54. The Morgan fingerprint density at radius 1 is 1.16 bits per heavy atom. The molecule has 2 bridgehead atoms. The molecule has 0 radical (unpaired) electrons. The van der Waals surface area contributed by atoms with Crippen molar-refractivity contribution in [2.75, 3.05) is 33.9 Å². The Morgan fingerprint density at radius 2 is 1.97 bits per heavy atom. The van der Waals surface area contributed by atoms with E-state index in [0.29, 0.717) is 66.9 Å². The van der Waals surface area contributed by atoms with Crippen molar-refractivity contribution >= 4 is 11.8 Å². The number of methoxy groups -OCH3 is 2. The lowest BCUT2D eigenvalue weighted by Crippen LogP contribution is -2.61. The maximum atomic E-state index is 13.6. The number of carbonyl (C=O) groups excluding carboxylic acids is 2. The number of fused-ring (bicyclic) bond motifs is 7. The van der Waals surface area contributed by atoms with E-state index in [1.54, 1.807) is 14.2 Å². The minimum absolute atomic E-state index is 0.0239. The van der Waals surface area contributed by atoms with Crippen molar-refractivity contribution in [1.82, 2.24) is 20.0 Å². The van der Waals surface area contributed by atoms with Crippen molar-refractivity contribution in [3.8, 4) is 22.8 Å². The van der Waals surface area contributed by atoms with Gasteiger partial charge in [0.05, 0.1) is 19.9 Å². The first-order valence-electron chi connectivity index (χ1n) is 11.5. The first-order valence-corrected chi connectivity index (χ1v) is 11.5. The van der Waals surface area contributed by atoms with E-state index in [1.165, 1.54) is 0 Å². The van der Waals surface area contributed by atoms with Crippen LogP contribution in [0.5, 0.6) is 11.5 Å². The molecule has 4 heterocycles. The molecule has 3 aliphatic heterocycles. The normalized spacial score (nSPS) is 25.8. The molecular weight excluding hydrogens is 408 g/mol. The third-order valence-corrected chi connectivity index (χ3v) is 7.78. The summed E-state index contributed by atoms with van der Waals surface area (Å²) in [5.74, 6) is 2.39. The maximum Gasteiger partial charge on any atom is 0.272 e. The van der Waals surface area contributed by atoms with Crippen LogP contribution in [0.25, 0.3) is 11.3 Å². The van der Waals surface area contributed by atoms with Crippen LogP contribution in [0.2, 0.25) is 0 Å². The first kappa shape index (κ1) is 19.6. The van der Waals surface area contributed by atoms with E-state index in [4.69, 9.17) is 9.47 Å². The highest BCUT2D eigenvalue weighted by molar-refractivity contribution is 5.97. The number of hydrogen-bond donors (Lipinski definition) is 1. The first-order chi connectivity index (χ1) is 15.6. The predicted molar refractivity (Wildman–Crippen MR) is 117 cm³/mol. The average Bonchev–Trinajstić information content (AvgIpc) is 3.37. The van der Waals surface area contributed by atoms with Gasteiger partial charge in [0.1, 0.15) is 5.69 Å². The van der Waals surface area contributed by atoms with Crippen molar-refractivity contribution in [3.05, 3.63) is 29.0 Å². The summed E-state index contributed by atoms with van der Waals surface area (Å²) in [4.78, 5) is 30.1. The summed E-state index contributed by atoms with van der Waals surface area (Å²) >= 11 is 0. The summed E-state index contributed by atoms with van der Waals surface area (Å²) in [6.45, 7) is 2.20. The number of aromatic nitrogens is 2. The number of hydrogen-bond acceptors (Lipinski definition) is 5. The number of nitrogens with zero attached hydrogens (tertiary/aromatic N) is 3. The van der Waals surface area contributed by atoms with E-state index in [9.17, 15) is 9.59 Å². The highest BCUT2D eigenvalue weighted by Gasteiger charge is 2.45. The number of aromatic amines is 1. The standard InChI is InChI=1S/C24H28N4O4/c1-31-19-8-14-7-17-22(16(14)9-20(19)32-2)25-26-23(17)24(30)27-10-13-6-15(12-27)18-4-3-5-21(29)28(18)11-13/h8-9,13,15,18H,3-7,10-12H2,1-2H3,(H,25,26)/t13-,15+,18-/m1/s1. The van der Waals surface area contributed by atoms with Crippen molar-refractivity contribution < 1.29 is 19.1 Å². The molecule has 8 heteroatoms. The van der Waals surface area contributed by atoms with Gasteiger partial charge in [0, 0.05) is 49.6 Å². The number of amides is 2. The average molecular weight is 437 g/mol. The third-order valence-electron chi connectivity index (χ3n) is 7.78. The van der Waals surface area contributed by atoms with Crippen LogP contribution in [0.1, 0.15) is 47.3 Å².